The number of hydrogen-bond donors (Lipinski definition) is 3. The summed E-state index contributed by atoms with van der Waals surface area (Å²) in [5.41, 5.74) is 3.58. The second-order valence-electron chi connectivity index (χ2n) is 10.5. The number of benzene rings is 1. The van der Waals surface area contributed by atoms with E-state index < -0.39 is 17.7 Å². The van der Waals surface area contributed by atoms with E-state index in [-0.39, 0.29) is 17.9 Å². The third-order valence-electron chi connectivity index (χ3n) is 8.24. The number of rotatable bonds is 6. The van der Waals surface area contributed by atoms with Gasteiger partial charge in [0.15, 0.2) is 11.6 Å². The molecule has 0 spiro atoms. The van der Waals surface area contributed by atoms with Crippen LogP contribution in [0.25, 0.3) is 45.0 Å². The van der Waals surface area contributed by atoms with E-state index in [4.69, 9.17) is 14.4 Å². The molecule has 3 fully saturated rings. The number of aromatic nitrogens is 4. The maximum absolute atomic E-state index is 14.1. The number of halogens is 1. The summed E-state index contributed by atoms with van der Waals surface area (Å²) in [6, 6.07) is 14.8. The lowest BCUT2D eigenvalue weighted by molar-refractivity contribution is -0.148. The fraction of sp³-hybridized carbons (Fsp3) is 0.267. The Morgan fingerprint density at radius 1 is 1.03 bits per heavy atom. The van der Waals surface area contributed by atoms with Gasteiger partial charge in [-0.05, 0) is 55.2 Å². The fourth-order valence-electron chi connectivity index (χ4n) is 6.37. The number of pyridine rings is 1. The van der Waals surface area contributed by atoms with Crippen molar-refractivity contribution in [2.75, 3.05) is 5.32 Å². The van der Waals surface area contributed by atoms with Crippen molar-refractivity contribution in [2.45, 2.75) is 31.7 Å². The van der Waals surface area contributed by atoms with Crippen molar-refractivity contribution >= 4 is 22.8 Å². The Balaban J connectivity index is 1.33. The van der Waals surface area contributed by atoms with E-state index in [9.17, 15) is 14.3 Å². The number of carboxylic acids is 1. The van der Waals surface area contributed by atoms with E-state index in [1.165, 1.54) is 6.07 Å². The molecule has 39 heavy (non-hydrogen) atoms. The van der Waals surface area contributed by atoms with Gasteiger partial charge in [0.2, 0.25) is 0 Å². The summed E-state index contributed by atoms with van der Waals surface area (Å²) in [5, 5.41) is 14.1. The van der Waals surface area contributed by atoms with Gasteiger partial charge in [-0.15, -0.1) is 0 Å². The molecular weight excluding hydrogens is 497 g/mol. The largest absolute Gasteiger partial charge is 0.481 e. The van der Waals surface area contributed by atoms with Gasteiger partial charge in [-0.2, -0.15) is 0 Å². The van der Waals surface area contributed by atoms with Crippen molar-refractivity contribution in [3.05, 3.63) is 73.0 Å². The van der Waals surface area contributed by atoms with Crippen LogP contribution in [0.5, 0.6) is 0 Å². The van der Waals surface area contributed by atoms with Gasteiger partial charge in [0.25, 0.3) is 0 Å². The van der Waals surface area contributed by atoms with Crippen LogP contribution in [0.1, 0.15) is 25.7 Å². The summed E-state index contributed by atoms with van der Waals surface area (Å²) in [6.45, 7) is 0. The van der Waals surface area contributed by atoms with Gasteiger partial charge in [0, 0.05) is 34.8 Å². The summed E-state index contributed by atoms with van der Waals surface area (Å²) in [4.78, 5) is 29.1. The van der Waals surface area contributed by atoms with Crippen molar-refractivity contribution in [3.8, 4) is 34.0 Å². The number of carboxylic acid groups (broad SMARTS) is 1. The lowest BCUT2D eigenvalue weighted by atomic mass is 9.61. The van der Waals surface area contributed by atoms with Crippen molar-refractivity contribution in [1.82, 2.24) is 19.9 Å². The number of hydrogen-bond acceptors (Lipinski definition) is 6. The van der Waals surface area contributed by atoms with Crippen LogP contribution >= 0.6 is 0 Å². The quantitative estimate of drug-likeness (QED) is 0.236. The molecule has 8 rings (SSSR count). The standard InChI is InChI=1S/C30H26FN5O3/c31-20-11-21-22(14-33-28(21)32-13-20)29-34-23(24-10-19(15-39-24)16-4-2-1-3-5-16)12-25(36-29)35-27-18-8-6-17(7-9-18)26(27)30(37)38/h1-5,10-15,17-18,26-27H,6-9H2,(H,32,33)(H,37,38)(H,34,35,36). The van der Waals surface area contributed by atoms with Crippen LogP contribution in [0.4, 0.5) is 10.2 Å². The third kappa shape index (κ3) is 4.24. The second-order valence-corrected chi connectivity index (χ2v) is 10.5. The van der Waals surface area contributed by atoms with Crippen LogP contribution in [-0.2, 0) is 4.79 Å². The average Bonchev–Trinajstić information content (AvgIpc) is 3.62. The van der Waals surface area contributed by atoms with Crippen LogP contribution in [0.15, 0.2) is 71.6 Å². The highest BCUT2D eigenvalue weighted by atomic mass is 19.1. The summed E-state index contributed by atoms with van der Waals surface area (Å²) in [7, 11) is 0. The van der Waals surface area contributed by atoms with Crippen molar-refractivity contribution in [2.24, 2.45) is 17.8 Å². The monoisotopic (exact) mass is 523 g/mol. The zero-order chi connectivity index (χ0) is 26.5. The molecule has 2 atom stereocenters. The van der Waals surface area contributed by atoms with E-state index in [0.29, 0.717) is 39.7 Å². The molecular formula is C30H26FN5O3. The van der Waals surface area contributed by atoms with Gasteiger partial charge in [-0.3, -0.25) is 4.79 Å². The number of fused-ring (bicyclic) bond motifs is 4. The molecule has 2 bridgehead atoms. The molecule has 3 saturated carbocycles. The number of aliphatic carboxylic acids is 1. The Morgan fingerprint density at radius 2 is 1.82 bits per heavy atom. The van der Waals surface area contributed by atoms with E-state index in [1.807, 2.05) is 36.4 Å². The molecule has 0 aliphatic heterocycles. The Labute approximate surface area is 223 Å². The SMILES string of the molecule is O=C(O)C1C2CCC(CC2)C1Nc1cc(-c2cc(-c3ccccc3)co2)nc(-c2c[nH]c3ncc(F)cc23)n1. The highest BCUT2D eigenvalue weighted by Gasteiger charge is 2.47. The van der Waals surface area contributed by atoms with E-state index in [1.54, 1.807) is 18.5 Å². The van der Waals surface area contributed by atoms with Crippen LogP contribution in [0.2, 0.25) is 0 Å². The first-order valence-electron chi connectivity index (χ1n) is 13.2. The highest BCUT2D eigenvalue weighted by molar-refractivity contribution is 5.92. The molecule has 3 aliphatic carbocycles. The summed E-state index contributed by atoms with van der Waals surface area (Å²) in [6.07, 6.45) is 8.45. The molecule has 0 saturated heterocycles. The molecule has 1 aromatic carbocycles. The zero-order valence-corrected chi connectivity index (χ0v) is 21.0. The molecule has 3 aliphatic rings. The number of nitrogens with one attached hydrogen (secondary N) is 2. The van der Waals surface area contributed by atoms with Crippen molar-refractivity contribution in [1.29, 1.82) is 0 Å². The molecule has 4 aromatic heterocycles. The smallest absolute Gasteiger partial charge is 0.308 e. The number of H-pyrrole nitrogens is 1. The predicted octanol–water partition coefficient (Wildman–Crippen LogP) is 6.39. The summed E-state index contributed by atoms with van der Waals surface area (Å²) >= 11 is 0. The molecule has 8 nitrogen and oxygen atoms in total. The molecule has 0 amide bonds. The fourth-order valence-corrected chi connectivity index (χ4v) is 6.37. The molecule has 3 N–H and O–H groups in total. The van der Waals surface area contributed by atoms with Crippen LogP contribution < -0.4 is 5.32 Å². The Kier molecular flexibility index (Phi) is 5.65. The minimum absolute atomic E-state index is 0.159. The first-order valence-corrected chi connectivity index (χ1v) is 13.2. The van der Waals surface area contributed by atoms with Crippen molar-refractivity contribution < 1.29 is 18.7 Å². The minimum Gasteiger partial charge on any atom is -0.481 e. The van der Waals surface area contributed by atoms with Crippen molar-refractivity contribution in [3.63, 3.8) is 0 Å². The topological polar surface area (TPSA) is 117 Å². The first kappa shape index (κ1) is 23.6. The lowest BCUT2D eigenvalue weighted by Gasteiger charge is -2.47. The molecule has 4 heterocycles. The summed E-state index contributed by atoms with van der Waals surface area (Å²) < 4.78 is 20.1. The van der Waals surface area contributed by atoms with E-state index in [0.717, 1.165) is 43.0 Å². The highest BCUT2D eigenvalue weighted by Crippen LogP contribution is 2.46. The Morgan fingerprint density at radius 3 is 2.62 bits per heavy atom. The van der Waals surface area contributed by atoms with Crippen LogP contribution in [-0.4, -0.2) is 37.1 Å². The van der Waals surface area contributed by atoms with Crippen LogP contribution in [0.3, 0.4) is 0 Å². The lowest BCUT2D eigenvalue weighted by Crippen LogP contribution is -2.51. The maximum Gasteiger partial charge on any atom is 0.308 e. The van der Waals surface area contributed by atoms with Crippen LogP contribution in [0, 0.1) is 23.6 Å². The molecule has 196 valence electrons. The van der Waals surface area contributed by atoms with Gasteiger partial charge < -0.3 is 19.8 Å². The van der Waals surface area contributed by atoms with Gasteiger partial charge >= 0.3 is 5.97 Å². The number of anilines is 1. The van der Waals surface area contributed by atoms with Gasteiger partial charge in [-0.25, -0.2) is 19.3 Å². The maximum atomic E-state index is 14.1. The predicted molar refractivity (Wildman–Crippen MR) is 144 cm³/mol. The Bertz CT molecular complexity index is 1670. The molecule has 2 unspecified atom stereocenters. The number of aromatic amines is 1. The number of furan rings is 1. The zero-order valence-electron chi connectivity index (χ0n) is 21.0. The minimum atomic E-state index is -0.770. The number of nitrogens with zero attached hydrogens (tertiary/aromatic N) is 3. The van der Waals surface area contributed by atoms with Gasteiger partial charge in [0.05, 0.1) is 18.4 Å². The average molecular weight is 524 g/mol. The normalized spacial score (nSPS) is 22.3. The molecule has 5 aromatic rings. The molecule has 0 radical (unpaired) electrons. The molecule has 9 heteroatoms. The third-order valence-corrected chi connectivity index (χ3v) is 8.24. The van der Waals surface area contributed by atoms with E-state index in [2.05, 4.69) is 15.3 Å². The van der Waals surface area contributed by atoms with Gasteiger partial charge in [-0.1, -0.05) is 30.3 Å². The summed E-state index contributed by atoms with van der Waals surface area (Å²) in [5.74, 6) is 0.134. The van der Waals surface area contributed by atoms with E-state index >= 15 is 0 Å². The Hall–Kier alpha value is -4.53. The number of carbonyl (C=O) groups is 1. The van der Waals surface area contributed by atoms with Gasteiger partial charge in [0.1, 0.15) is 23.0 Å². The first-order chi connectivity index (χ1) is 19.0. The second kappa shape index (κ2) is 9.34.